The molecule has 3 heteroatoms. The van der Waals surface area contributed by atoms with Crippen molar-refractivity contribution in [2.45, 2.75) is 76.1 Å². The molecular weight excluding hydrogens is 448 g/mol. The quantitative estimate of drug-likeness (QED) is 0.158. The third-order valence-electron chi connectivity index (χ3n) is 5.60. The second-order valence-electron chi connectivity index (χ2n) is 8.94. The molecule has 1 atom stereocenters. The van der Waals surface area contributed by atoms with E-state index in [-0.39, 0.29) is 9.87 Å². The maximum Gasteiger partial charge on any atom is 0.262 e. The lowest BCUT2D eigenvalue weighted by Gasteiger charge is -2.42. The highest BCUT2D eigenvalue weighted by molar-refractivity contribution is 9.09. The maximum absolute atomic E-state index is 6.82. The Morgan fingerprint density at radius 3 is 1.90 bits per heavy atom. The Morgan fingerprint density at radius 1 is 0.867 bits per heavy atom. The fraction of sp³-hybridized carbons (Fsp3) is 0.481. The Hall–Kier alpha value is -1.34. The van der Waals surface area contributed by atoms with Crippen LogP contribution in [0.25, 0.3) is 0 Å². The van der Waals surface area contributed by atoms with Crippen LogP contribution >= 0.6 is 15.9 Å². The number of rotatable bonds is 10. The van der Waals surface area contributed by atoms with Crippen LogP contribution in [-0.2, 0) is 4.43 Å². The second kappa shape index (κ2) is 12.5. The van der Waals surface area contributed by atoms with Crippen molar-refractivity contribution in [1.29, 1.82) is 0 Å². The first-order chi connectivity index (χ1) is 14.4. The predicted molar refractivity (Wildman–Crippen MR) is 137 cm³/mol. The average Bonchev–Trinajstić information content (AvgIpc) is 2.74. The van der Waals surface area contributed by atoms with Crippen molar-refractivity contribution in [1.82, 2.24) is 0 Å². The number of hydrogen-bond acceptors (Lipinski definition) is 1. The van der Waals surface area contributed by atoms with Crippen molar-refractivity contribution >= 4 is 34.6 Å². The van der Waals surface area contributed by atoms with Crippen LogP contribution in [0.2, 0.25) is 5.04 Å². The molecule has 2 aromatic rings. The minimum atomic E-state index is -2.48. The van der Waals surface area contributed by atoms with Gasteiger partial charge in [-0.25, -0.2) is 0 Å². The van der Waals surface area contributed by atoms with Crippen molar-refractivity contribution in [3.8, 4) is 11.8 Å². The molecule has 162 valence electrons. The summed E-state index contributed by atoms with van der Waals surface area (Å²) in [4.78, 5) is 0.252. The monoisotopic (exact) mass is 484 g/mol. The molecule has 0 N–H and O–H groups in total. The van der Waals surface area contributed by atoms with Crippen molar-refractivity contribution in [2.75, 3.05) is 6.61 Å². The summed E-state index contributed by atoms with van der Waals surface area (Å²) < 4.78 is 6.82. The summed E-state index contributed by atoms with van der Waals surface area (Å²) in [7, 11) is -2.48. The van der Waals surface area contributed by atoms with E-state index in [0.29, 0.717) is 6.61 Å². The van der Waals surface area contributed by atoms with Gasteiger partial charge in [-0.15, -0.1) is 0 Å². The Balaban J connectivity index is 2.16. The highest BCUT2D eigenvalue weighted by Crippen LogP contribution is 2.36. The Bertz CT molecular complexity index is 747. The summed E-state index contributed by atoms with van der Waals surface area (Å²) in [6.45, 7) is 9.62. The average molecular weight is 486 g/mol. The van der Waals surface area contributed by atoms with Gasteiger partial charge in [0.2, 0.25) is 0 Å². The Labute approximate surface area is 193 Å². The van der Waals surface area contributed by atoms with Gasteiger partial charge in [-0.3, -0.25) is 0 Å². The molecule has 30 heavy (non-hydrogen) atoms. The zero-order chi connectivity index (χ0) is 21.9. The van der Waals surface area contributed by atoms with Gasteiger partial charge in [-0.1, -0.05) is 148 Å². The van der Waals surface area contributed by atoms with Crippen LogP contribution in [0.15, 0.2) is 60.7 Å². The number of halogens is 1. The van der Waals surface area contributed by atoms with Crippen LogP contribution in [0.1, 0.15) is 66.2 Å². The molecule has 0 heterocycles. The van der Waals surface area contributed by atoms with Crippen LogP contribution < -0.4 is 10.4 Å². The Kier molecular flexibility index (Phi) is 10.4. The molecule has 0 spiro atoms. The highest BCUT2D eigenvalue weighted by Gasteiger charge is 2.49. The van der Waals surface area contributed by atoms with Gasteiger partial charge >= 0.3 is 0 Å². The SMILES string of the molecule is CCCCCCCC(Br)C#CCO[Si](c1ccccc1)(c1ccccc1)C(C)(C)C. The number of benzene rings is 2. The van der Waals surface area contributed by atoms with Gasteiger partial charge in [-0.05, 0) is 21.8 Å². The number of hydrogen-bond donors (Lipinski definition) is 0. The summed E-state index contributed by atoms with van der Waals surface area (Å²) in [5.74, 6) is 6.68. The van der Waals surface area contributed by atoms with Crippen LogP contribution in [0.4, 0.5) is 0 Å². The summed E-state index contributed by atoms with van der Waals surface area (Å²) in [5, 5.41) is 2.60. The van der Waals surface area contributed by atoms with Crippen molar-refractivity contribution in [3.63, 3.8) is 0 Å². The summed E-state index contributed by atoms with van der Waals surface area (Å²) in [5.41, 5.74) is 0. The zero-order valence-corrected chi connectivity index (χ0v) is 21.7. The summed E-state index contributed by atoms with van der Waals surface area (Å²) >= 11 is 3.74. The molecular formula is C27H37BrOSi. The normalized spacial score (nSPS) is 12.8. The van der Waals surface area contributed by atoms with E-state index in [4.69, 9.17) is 4.43 Å². The fourth-order valence-electron chi connectivity index (χ4n) is 4.06. The molecule has 0 bridgehead atoms. The minimum Gasteiger partial charge on any atom is -0.396 e. The van der Waals surface area contributed by atoms with Gasteiger partial charge < -0.3 is 4.43 Å². The molecule has 0 amide bonds. The molecule has 0 radical (unpaired) electrons. The predicted octanol–water partition coefficient (Wildman–Crippen LogP) is 6.69. The lowest BCUT2D eigenvalue weighted by atomic mass is 10.1. The summed E-state index contributed by atoms with van der Waals surface area (Å²) in [6.07, 6.45) is 7.61. The molecule has 2 aromatic carbocycles. The largest absolute Gasteiger partial charge is 0.396 e. The summed E-state index contributed by atoms with van der Waals surface area (Å²) in [6, 6.07) is 21.5. The maximum atomic E-state index is 6.82. The van der Waals surface area contributed by atoms with Gasteiger partial charge in [-0.2, -0.15) is 0 Å². The molecule has 0 saturated carbocycles. The van der Waals surface area contributed by atoms with Crippen LogP contribution in [0, 0.1) is 11.8 Å². The molecule has 0 aromatic heterocycles. The van der Waals surface area contributed by atoms with Gasteiger partial charge in [0.25, 0.3) is 8.32 Å². The first kappa shape index (κ1) is 24.9. The van der Waals surface area contributed by atoms with E-state index in [2.05, 4.69) is 116 Å². The van der Waals surface area contributed by atoms with E-state index in [9.17, 15) is 0 Å². The third-order valence-corrected chi connectivity index (χ3v) is 11.3. The van der Waals surface area contributed by atoms with Crippen molar-refractivity contribution in [3.05, 3.63) is 60.7 Å². The molecule has 1 nitrogen and oxygen atoms in total. The minimum absolute atomic E-state index is 0.00946. The van der Waals surface area contributed by atoms with E-state index >= 15 is 0 Å². The Morgan fingerprint density at radius 2 is 1.40 bits per heavy atom. The molecule has 2 rings (SSSR count). The highest BCUT2D eigenvalue weighted by atomic mass is 79.9. The topological polar surface area (TPSA) is 9.23 Å². The van der Waals surface area contributed by atoms with Gasteiger partial charge in [0, 0.05) is 0 Å². The molecule has 0 aliphatic heterocycles. The molecule has 0 aliphatic carbocycles. The number of unbranched alkanes of at least 4 members (excludes halogenated alkanes) is 4. The van der Waals surface area contributed by atoms with E-state index in [1.165, 1.54) is 42.5 Å². The molecule has 0 saturated heterocycles. The first-order valence-electron chi connectivity index (χ1n) is 11.3. The van der Waals surface area contributed by atoms with Crippen LogP contribution in [-0.4, -0.2) is 19.8 Å². The van der Waals surface area contributed by atoms with E-state index in [1.54, 1.807) is 0 Å². The van der Waals surface area contributed by atoms with Crippen LogP contribution in [0.5, 0.6) is 0 Å². The van der Waals surface area contributed by atoms with Crippen molar-refractivity contribution < 1.29 is 4.43 Å². The van der Waals surface area contributed by atoms with E-state index in [1.807, 2.05) is 0 Å². The standard InChI is InChI=1S/C27H37BrOSi/c1-5-6-7-8-11-17-24(28)18-16-23-29-30(27(2,3)4,25-19-12-9-13-20-25)26-21-14-10-15-22-26/h9-10,12-15,19-22,24H,5-8,11,17,23H2,1-4H3. The van der Waals surface area contributed by atoms with Crippen LogP contribution in [0.3, 0.4) is 0 Å². The fourth-order valence-corrected chi connectivity index (χ4v) is 8.99. The van der Waals surface area contributed by atoms with Gasteiger partial charge in [0.15, 0.2) is 0 Å². The van der Waals surface area contributed by atoms with E-state index in [0.717, 1.165) is 6.42 Å². The second-order valence-corrected chi connectivity index (χ2v) is 14.4. The molecule has 0 aliphatic rings. The molecule has 0 fully saturated rings. The lowest BCUT2D eigenvalue weighted by Crippen LogP contribution is -2.66. The number of alkyl halides is 1. The van der Waals surface area contributed by atoms with E-state index < -0.39 is 8.32 Å². The zero-order valence-electron chi connectivity index (χ0n) is 19.1. The van der Waals surface area contributed by atoms with Crippen molar-refractivity contribution in [2.24, 2.45) is 0 Å². The van der Waals surface area contributed by atoms with Gasteiger partial charge in [0.05, 0.1) is 11.4 Å². The smallest absolute Gasteiger partial charge is 0.262 e. The molecule has 1 unspecified atom stereocenters. The third kappa shape index (κ3) is 6.84. The van der Waals surface area contributed by atoms with Gasteiger partial charge in [0.1, 0.15) is 0 Å². The first-order valence-corrected chi connectivity index (χ1v) is 14.1. The lowest BCUT2D eigenvalue weighted by molar-refractivity contribution is 0.346.